The summed E-state index contributed by atoms with van der Waals surface area (Å²) in [5, 5.41) is 12.4. The fourth-order valence-corrected chi connectivity index (χ4v) is 4.75. The highest BCUT2D eigenvalue weighted by Crippen LogP contribution is 2.34. The van der Waals surface area contributed by atoms with Crippen LogP contribution in [-0.2, 0) is 6.54 Å². The van der Waals surface area contributed by atoms with Crippen LogP contribution in [0.5, 0.6) is 0 Å². The molecule has 0 amide bonds. The fraction of sp³-hybridized carbons (Fsp3) is 0.179. The number of rotatable bonds is 5. The first-order valence-corrected chi connectivity index (χ1v) is 11.5. The Morgan fingerprint density at radius 1 is 0.818 bits per heavy atom. The minimum Gasteiger partial charge on any atom is -0.478 e. The maximum absolute atomic E-state index is 11.1. The second-order valence-electron chi connectivity index (χ2n) is 8.44. The van der Waals surface area contributed by atoms with Gasteiger partial charge in [0.25, 0.3) is 0 Å². The number of halogens is 1. The summed E-state index contributed by atoms with van der Waals surface area (Å²) in [5.74, 6) is -0.891. The number of anilines is 1. The summed E-state index contributed by atoms with van der Waals surface area (Å²) in [6.07, 6.45) is 0. The van der Waals surface area contributed by atoms with E-state index in [1.807, 2.05) is 24.3 Å². The molecule has 0 unspecified atom stereocenters. The number of carbonyl (C=O) groups is 1. The maximum atomic E-state index is 11.1. The van der Waals surface area contributed by atoms with E-state index in [1.54, 1.807) is 12.1 Å². The Kier molecular flexibility index (Phi) is 6.03. The zero-order valence-corrected chi connectivity index (χ0v) is 19.0. The topological polar surface area (TPSA) is 43.8 Å². The summed E-state index contributed by atoms with van der Waals surface area (Å²) in [7, 11) is 0. The molecular weight excluding hydrogens is 432 g/mol. The molecule has 1 saturated heterocycles. The summed E-state index contributed by atoms with van der Waals surface area (Å²) in [5.41, 5.74) is 5.17. The van der Waals surface area contributed by atoms with E-state index in [0.29, 0.717) is 5.56 Å². The molecule has 5 heteroatoms. The number of carboxylic acid groups (broad SMARTS) is 1. The van der Waals surface area contributed by atoms with Crippen LogP contribution in [0.2, 0.25) is 5.02 Å². The summed E-state index contributed by atoms with van der Waals surface area (Å²) in [6, 6.07) is 28.3. The van der Waals surface area contributed by atoms with Crippen LogP contribution in [0.3, 0.4) is 0 Å². The van der Waals surface area contributed by atoms with Crippen LogP contribution in [0, 0.1) is 0 Å². The average Bonchev–Trinajstić information content (AvgIpc) is 2.85. The molecule has 33 heavy (non-hydrogen) atoms. The van der Waals surface area contributed by atoms with E-state index in [-0.39, 0.29) is 0 Å². The Labute approximate surface area is 198 Å². The highest BCUT2D eigenvalue weighted by Gasteiger charge is 2.20. The first-order valence-electron chi connectivity index (χ1n) is 11.2. The van der Waals surface area contributed by atoms with Gasteiger partial charge < -0.3 is 10.0 Å². The Hall–Kier alpha value is -3.34. The predicted molar refractivity (Wildman–Crippen MR) is 135 cm³/mol. The van der Waals surface area contributed by atoms with Crippen molar-refractivity contribution in [2.24, 2.45) is 0 Å². The van der Waals surface area contributed by atoms with Crippen molar-refractivity contribution in [1.29, 1.82) is 0 Å². The number of aromatic carboxylic acids is 1. The molecule has 1 fully saturated rings. The van der Waals surface area contributed by atoms with Crippen molar-refractivity contribution in [2.45, 2.75) is 6.54 Å². The Balaban J connectivity index is 1.36. The molecule has 4 aromatic rings. The lowest BCUT2D eigenvalue weighted by atomic mass is 9.93. The van der Waals surface area contributed by atoms with E-state index in [0.717, 1.165) is 43.4 Å². The average molecular weight is 457 g/mol. The van der Waals surface area contributed by atoms with Gasteiger partial charge in [-0.3, -0.25) is 4.90 Å². The fourth-order valence-electron chi connectivity index (χ4n) is 4.63. The van der Waals surface area contributed by atoms with Gasteiger partial charge in [-0.2, -0.15) is 0 Å². The van der Waals surface area contributed by atoms with Crippen LogP contribution in [0.4, 0.5) is 5.69 Å². The van der Waals surface area contributed by atoms with Gasteiger partial charge in [-0.1, -0.05) is 60.1 Å². The van der Waals surface area contributed by atoms with Crippen LogP contribution in [0.25, 0.3) is 21.9 Å². The van der Waals surface area contributed by atoms with Gasteiger partial charge in [0.05, 0.1) is 5.56 Å². The van der Waals surface area contributed by atoms with Gasteiger partial charge in [-0.25, -0.2) is 4.79 Å². The summed E-state index contributed by atoms with van der Waals surface area (Å²) >= 11 is 6.16. The molecule has 0 atom stereocenters. The lowest BCUT2D eigenvalue weighted by Crippen LogP contribution is -2.46. The molecule has 0 saturated carbocycles. The molecule has 5 rings (SSSR count). The molecule has 4 aromatic carbocycles. The zero-order chi connectivity index (χ0) is 22.8. The maximum Gasteiger partial charge on any atom is 0.335 e. The SMILES string of the molecule is O=C(O)c1ccc(N2CCN(Cc3ccc4ccccc4c3-c3ccc(Cl)cc3)CC2)cc1. The molecule has 0 aliphatic carbocycles. The normalized spacial score (nSPS) is 14.5. The third-order valence-corrected chi connectivity index (χ3v) is 6.65. The standard InChI is InChI=1S/C28H25ClN2O2/c29-24-11-7-21(8-12-24)27-23(6-5-20-3-1-2-4-26(20)27)19-30-15-17-31(18-16-30)25-13-9-22(10-14-25)28(32)33/h1-14H,15-19H2,(H,32,33). The molecule has 0 bridgehead atoms. The Bertz CT molecular complexity index is 1280. The third kappa shape index (κ3) is 4.58. The van der Waals surface area contributed by atoms with Crippen LogP contribution in [0.1, 0.15) is 15.9 Å². The Morgan fingerprint density at radius 2 is 1.52 bits per heavy atom. The second-order valence-corrected chi connectivity index (χ2v) is 8.88. The first-order chi connectivity index (χ1) is 16.1. The van der Waals surface area contributed by atoms with Crippen LogP contribution < -0.4 is 4.90 Å². The van der Waals surface area contributed by atoms with Crippen LogP contribution in [0.15, 0.2) is 84.9 Å². The van der Waals surface area contributed by atoms with Crippen molar-refractivity contribution in [1.82, 2.24) is 4.90 Å². The van der Waals surface area contributed by atoms with E-state index >= 15 is 0 Å². The minimum absolute atomic E-state index is 0.323. The summed E-state index contributed by atoms with van der Waals surface area (Å²) in [4.78, 5) is 15.9. The third-order valence-electron chi connectivity index (χ3n) is 6.39. The highest BCUT2D eigenvalue weighted by atomic mass is 35.5. The summed E-state index contributed by atoms with van der Waals surface area (Å²) in [6.45, 7) is 4.61. The largest absolute Gasteiger partial charge is 0.478 e. The van der Waals surface area contributed by atoms with E-state index < -0.39 is 5.97 Å². The van der Waals surface area contributed by atoms with Gasteiger partial charge in [-0.05, 0) is 63.9 Å². The number of nitrogens with zero attached hydrogens (tertiary/aromatic N) is 2. The van der Waals surface area contributed by atoms with Crippen molar-refractivity contribution in [3.63, 3.8) is 0 Å². The molecule has 0 spiro atoms. The zero-order valence-electron chi connectivity index (χ0n) is 18.2. The Morgan fingerprint density at radius 3 is 2.21 bits per heavy atom. The van der Waals surface area contributed by atoms with Gasteiger partial charge in [0.15, 0.2) is 0 Å². The number of fused-ring (bicyclic) bond motifs is 1. The van der Waals surface area contributed by atoms with E-state index in [9.17, 15) is 4.79 Å². The van der Waals surface area contributed by atoms with Gasteiger partial charge in [0.2, 0.25) is 0 Å². The first kappa shape index (κ1) is 21.5. The van der Waals surface area contributed by atoms with Gasteiger partial charge >= 0.3 is 5.97 Å². The number of hydrogen-bond acceptors (Lipinski definition) is 3. The lowest BCUT2D eigenvalue weighted by molar-refractivity contribution is 0.0697. The van der Waals surface area contributed by atoms with E-state index in [4.69, 9.17) is 16.7 Å². The smallest absolute Gasteiger partial charge is 0.335 e. The van der Waals surface area contributed by atoms with Crippen molar-refractivity contribution in [3.8, 4) is 11.1 Å². The molecule has 0 radical (unpaired) electrons. The van der Waals surface area contributed by atoms with E-state index in [2.05, 4.69) is 58.3 Å². The van der Waals surface area contributed by atoms with Gasteiger partial charge in [-0.15, -0.1) is 0 Å². The number of benzene rings is 4. The van der Waals surface area contributed by atoms with Crippen molar-refractivity contribution < 1.29 is 9.90 Å². The number of hydrogen-bond donors (Lipinski definition) is 1. The van der Waals surface area contributed by atoms with Gasteiger partial charge in [0.1, 0.15) is 0 Å². The molecule has 0 aromatic heterocycles. The van der Waals surface area contributed by atoms with Crippen molar-refractivity contribution >= 4 is 34.0 Å². The van der Waals surface area contributed by atoms with E-state index in [1.165, 1.54) is 27.5 Å². The van der Waals surface area contributed by atoms with Crippen LogP contribution >= 0.6 is 11.6 Å². The monoisotopic (exact) mass is 456 g/mol. The second kappa shape index (κ2) is 9.26. The molecule has 1 heterocycles. The molecule has 1 N–H and O–H groups in total. The van der Waals surface area contributed by atoms with Gasteiger partial charge in [0, 0.05) is 43.4 Å². The quantitative estimate of drug-likeness (QED) is 0.389. The van der Waals surface area contributed by atoms with Crippen molar-refractivity contribution in [2.75, 3.05) is 31.1 Å². The molecule has 1 aliphatic heterocycles. The molecule has 166 valence electrons. The minimum atomic E-state index is -0.891. The number of carboxylic acids is 1. The summed E-state index contributed by atoms with van der Waals surface area (Å²) < 4.78 is 0. The van der Waals surface area contributed by atoms with Crippen molar-refractivity contribution in [3.05, 3.63) is 101 Å². The molecule has 1 aliphatic rings. The molecule has 4 nitrogen and oxygen atoms in total. The number of piperazine rings is 1. The predicted octanol–water partition coefficient (Wildman–Crippen LogP) is 6.18. The molecular formula is C28H25ClN2O2. The van der Waals surface area contributed by atoms with Crippen LogP contribution in [-0.4, -0.2) is 42.2 Å². The lowest BCUT2D eigenvalue weighted by Gasteiger charge is -2.36. The highest BCUT2D eigenvalue weighted by molar-refractivity contribution is 6.30.